The topological polar surface area (TPSA) is 42.2 Å². The quantitative estimate of drug-likeness (QED) is 0.822. The van der Waals surface area contributed by atoms with Crippen molar-refractivity contribution in [2.24, 2.45) is 0 Å². The highest BCUT2D eigenvalue weighted by Crippen LogP contribution is 2.32. The Morgan fingerprint density at radius 1 is 1.39 bits per heavy atom. The predicted octanol–water partition coefficient (Wildman–Crippen LogP) is 2.91. The van der Waals surface area contributed by atoms with Gasteiger partial charge in [-0.15, -0.1) is 10.2 Å². The highest BCUT2D eigenvalue weighted by molar-refractivity contribution is 7.99. The molecule has 1 heterocycles. The van der Waals surface area contributed by atoms with E-state index >= 15 is 0 Å². The van der Waals surface area contributed by atoms with Gasteiger partial charge in [0.25, 0.3) is 0 Å². The highest BCUT2D eigenvalue weighted by atomic mass is 32.2. The van der Waals surface area contributed by atoms with E-state index in [2.05, 4.69) is 42.2 Å². The van der Waals surface area contributed by atoms with Gasteiger partial charge >= 0.3 is 0 Å². The molecule has 1 fully saturated rings. The molecule has 1 aliphatic carbocycles. The first-order valence-electron chi connectivity index (χ1n) is 6.67. The lowest BCUT2D eigenvalue weighted by Crippen LogP contribution is -2.35. The van der Waals surface area contributed by atoms with E-state index in [0.717, 1.165) is 23.6 Å². The molecule has 4 nitrogen and oxygen atoms in total. The first-order valence-corrected chi connectivity index (χ1v) is 7.96. The van der Waals surface area contributed by atoms with Crippen molar-refractivity contribution in [3.8, 4) is 0 Å². The van der Waals surface area contributed by atoms with Crippen molar-refractivity contribution < 1.29 is 4.42 Å². The second kappa shape index (κ2) is 6.06. The Bertz CT molecular complexity index is 380. The van der Waals surface area contributed by atoms with Crippen LogP contribution < -0.4 is 0 Å². The third-order valence-corrected chi connectivity index (χ3v) is 4.80. The van der Waals surface area contributed by atoms with Gasteiger partial charge in [-0.3, -0.25) is 4.90 Å². The average Bonchev–Trinajstić information content (AvgIpc) is 2.96. The first-order chi connectivity index (χ1) is 8.61. The van der Waals surface area contributed by atoms with Crippen LogP contribution in [0, 0.1) is 0 Å². The van der Waals surface area contributed by atoms with Crippen molar-refractivity contribution in [3.05, 3.63) is 11.8 Å². The molecule has 0 radical (unpaired) electrons. The standard InChI is InChI=1S/C13H23N3OS/c1-9(2)13-15-14-12(17-13)8-16(3)10-6-5-7-11(10)18-4/h9-11H,5-8H2,1-4H3/t10-,11-/m0/s1. The van der Waals surface area contributed by atoms with Crippen LogP contribution in [-0.2, 0) is 6.54 Å². The molecule has 0 amide bonds. The SMILES string of the molecule is CS[C@H]1CCC[C@@H]1N(C)Cc1nnc(C(C)C)o1. The van der Waals surface area contributed by atoms with E-state index in [0.29, 0.717) is 12.0 Å². The number of rotatable bonds is 5. The molecule has 102 valence electrons. The summed E-state index contributed by atoms with van der Waals surface area (Å²) in [6.07, 6.45) is 6.16. The minimum Gasteiger partial charge on any atom is -0.424 e. The van der Waals surface area contributed by atoms with Crippen LogP contribution in [-0.4, -0.2) is 39.7 Å². The molecule has 1 saturated carbocycles. The van der Waals surface area contributed by atoms with Gasteiger partial charge in [0.15, 0.2) is 0 Å². The van der Waals surface area contributed by atoms with Crippen LogP contribution in [0.15, 0.2) is 4.42 Å². The smallest absolute Gasteiger partial charge is 0.230 e. The summed E-state index contributed by atoms with van der Waals surface area (Å²) in [7, 11) is 2.17. The fourth-order valence-corrected chi connectivity index (χ4v) is 3.64. The lowest BCUT2D eigenvalue weighted by atomic mass is 10.2. The van der Waals surface area contributed by atoms with E-state index in [-0.39, 0.29) is 0 Å². The van der Waals surface area contributed by atoms with E-state index in [9.17, 15) is 0 Å². The molecule has 5 heteroatoms. The largest absolute Gasteiger partial charge is 0.424 e. The lowest BCUT2D eigenvalue weighted by Gasteiger charge is -2.27. The fraction of sp³-hybridized carbons (Fsp3) is 0.846. The summed E-state index contributed by atoms with van der Waals surface area (Å²) in [6.45, 7) is 4.91. The summed E-state index contributed by atoms with van der Waals surface area (Å²) in [4.78, 5) is 2.37. The van der Waals surface area contributed by atoms with Crippen molar-refractivity contribution in [1.82, 2.24) is 15.1 Å². The molecule has 1 aliphatic rings. The number of hydrogen-bond acceptors (Lipinski definition) is 5. The van der Waals surface area contributed by atoms with Gasteiger partial charge in [-0.25, -0.2) is 0 Å². The summed E-state index contributed by atoms with van der Waals surface area (Å²) in [5.41, 5.74) is 0. The Morgan fingerprint density at radius 3 is 2.78 bits per heavy atom. The summed E-state index contributed by atoms with van der Waals surface area (Å²) in [6, 6.07) is 0.648. The molecular formula is C13H23N3OS. The van der Waals surface area contributed by atoms with E-state index in [1.807, 2.05) is 11.8 Å². The van der Waals surface area contributed by atoms with Gasteiger partial charge in [-0.1, -0.05) is 20.3 Å². The van der Waals surface area contributed by atoms with Gasteiger partial charge < -0.3 is 4.42 Å². The molecule has 0 saturated heterocycles. The summed E-state index contributed by atoms with van der Waals surface area (Å²) >= 11 is 1.98. The zero-order chi connectivity index (χ0) is 13.1. The van der Waals surface area contributed by atoms with Gasteiger partial charge in [-0.2, -0.15) is 11.8 Å². The zero-order valence-electron chi connectivity index (χ0n) is 11.7. The molecule has 0 N–H and O–H groups in total. The molecule has 0 aromatic carbocycles. The second-order valence-corrected chi connectivity index (χ2v) is 6.45. The Kier molecular flexibility index (Phi) is 4.67. The van der Waals surface area contributed by atoms with E-state index in [4.69, 9.17) is 4.42 Å². The minimum absolute atomic E-state index is 0.307. The van der Waals surface area contributed by atoms with E-state index in [1.165, 1.54) is 19.3 Å². The maximum absolute atomic E-state index is 5.67. The minimum atomic E-state index is 0.307. The third-order valence-electron chi connectivity index (χ3n) is 3.65. The summed E-state index contributed by atoms with van der Waals surface area (Å²) < 4.78 is 5.67. The molecule has 18 heavy (non-hydrogen) atoms. The maximum Gasteiger partial charge on any atom is 0.230 e. The van der Waals surface area contributed by atoms with Gasteiger partial charge in [0.2, 0.25) is 11.8 Å². The van der Waals surface area contributed by atoms with Crippen LogP contribution in [0.2, 0.25) is 0 Å². The predicted molar refractivity (Wildman–Crippen MR) is 74.8 cm³/mol. The molecular weight excluding hydrogens is 246 g/mol. The van der Waals surface area contributed by atoms with Crippen LogP contribution in [0.25, 0.3) is 0 Å². The van der Waals surface area contributed by atoms with Crippen LogP contribution in [0.3, 0.4) is 0 Å². The molecule has 0 bridgehead atoms. The van der Waals surface area contributed by atoms with Crippen LogP contribution >= 0.6 is 11.8 Å². The molecule has 2 rings (SSSR count). The Hall–Kier alpha value is -0.550. The van der Waals surface area contributed by atoms with E-state index < -0.39 is 0 Å². The average molecular weight is 269 g/mol. The lowest BCUT2D eigenvalue weighted by molar-refractivity contribution is 0.216. The molecule has 2 atom stereocenters. The first kappa shape index (κ1) is 13.9. The molecule has 0 aliphatic heterocycles. The van der Waals surface area contributed by atoms with E-state index in [1.54, 1.807) is 0 Å². The van der Waals surface area contributed by atoms with Crippen LogP contribution in [0.5, 0.6) is 0 Å². The maximum atomic E-state index is 5.67. The summed E-state index contributed by atoms with van der Waals surface area (Å²) in [5, 5.41) is 8.97. The number of thioether (sulfide) groups is 1. The third kappa shape index (κ3) is 3.06. The number of aromatic nitrogens is 2. The highest BCUT2D eigenvalue weighted by Gasteiger charge is 2.30. The monoisotopic (exact) mass is 269 g/mol. The molecule has 0 spiro atoms. The zero-order valence-corrected chi connectivity index (χ0v) is 12.5. The Balaban J connectivity index is 1.95. The van der Waals surface area contributed by atoms with Crippen molar-refractivity contribution >= 4 is 11.8 Å². The van der Waals surface area contributed by atoms with Gasteiger partial charge in [0, 0.05) is 17.2 Å². The Morgan fingerprint density at radius 2 is 2.17 bits per heavy atom. The van der Waals surface area contributed by atoms with Crippen LogP contribution in [0.1, 0.15) is 50.8 Å². The molecule has 1 aromatic heterocycles. The van der Waals surface area contributed by atoms with Crippen molar-refractivity contribution in [2.45, 2.75) is 56.9 Å². The van der Waals surface area contributed by atoms with Crippen molar-refractivity contribution in [1.29, 1.82) is 0 Å². The number of nitrogens with zero attached hydrogens (tertiary/aromatic N) is 3. The van der Waals surface area contributed by atoms with Gasteiger partial charge in [0.1, 0.15) is 0 Å². The van der Waals surface area contributed by atoms with Gasteiger partial charge in [-0.05, 0) is 26.1 Å². The Labute approximate surface area is 114 Å². The second-order valence-electron chi connectivity index (χ2n) is 5.38. The normalized spacial score (nSPS) is 24.3. The molecule has 1 aromatic rings. The summed E-state index contributed by atoms with van der Waals surface area (Å²) in [5.74, 6) is 1.79. The number of hydrogen-bond donors (Lipinski definition) is 0. The fourth-order valence-electron chi connectivity index (χ4n) is 2.58. The van der Waals surface area contributed by atoms with Crippen molar-refractivity contribution in [3.63, 3.8) is 0 Å². The van der Waals surface area contributed by atoms with Gasteiger partial charge in [0.05, 0.1) is 6.54 Å². The van der Waals surface area contributed by atoms with Crippen molar-refractivity contribution in [2.75, 3.05) is 13.3 Å². The van der Waals surface area contributed by atoms with Crippen LogP contribution in [0.4, 0.5) is 0 Å². The molecule has 0 unspecified atom stereocenters.